The molecule has 152 valence electrons. The average Bonchev–Trinajstić information content (AvgIpc) is 3.14. The highest BCUT2D eigenvalue weighted by atomic mass is 32.2. The largest absolute Gasteiger partial charge is 0.348 e. The van der Waals surface area contributed by atoms with Crippen LogP contribution in [0.2, 0.25) is 0 Å². The number of carbonyl (C=O) groups is 1. The van der Waals surface area contributed by atoms with Crippen molar-refractivity contribution in [3.8, 4) is 6.07 Å². The minimum absolute atomic E-state index is 0.0579. The van der Waals surface area contributed by atoms with Crippen LogP contribution in [-0.4, -0.2) is 41.7 Å². The molecule has 0 aromatic carbocycles. The van der Waals surface area contributed by atoms with Crippen LogP contribution < -0.4 is 5.32 Å². The van der Waals surface area contributed by atoms with Gasteiger partial charge in [-0.2, -0.15) is 10.4 Å². The van der Waals surface area contributed by atoms with Crippen LogP contribution in [0, 0.1) is 31.1 Å². The molecular formula is C20H28N4O3S. The maximum Gasteiger partial charge on any atom is 0.262 e. The average molecular weight is 405 g/mol. The zero-order chi connectivity index (χ0) is 20.5. The van der Waals surface area contributed by atoms with E-state index in [1.165, 1.54) is 6.42 Å². The molecule has 1 saturated carbocycles. The van der Waals surface area contributed by atoms with E-state index in [4.69, 9.17) is 0 Å². The third-order valence-corrected chi connectivity index (χ3v) is 7.77. The first-order chi connectivity index (χ1) is 13.2. The molecule has 28 heavy (non-hydrogen) atoms. The molecule has 3 rings (SSSR count). The summed E-state index contributed by atoms with van der Waals surface area (Å²) in [7, 11) is -3.02. The van der Waals surface area contributed by atoms with Crippen molar-refractivity contribution < 1.29 is 13.2 Å². The monoisotopic (exact) mass is 404 g/mol. The number of hydrogen-bond donors (Lipinski definition) is 1. The van der Waals surface area contributed by atoms with E-state index in [0.29, 0.717) is 23.6 Å². The van der Waals surface area contributed by atoms with E-state index in [2.05, 4.69) is 17.3 Å². The molecule has 1 saturated heterocycles. The summed E-state index contributed by atoms with van der Waals surface area (Å²) >= 11 is 0. The van der Waals surface area contributed by atoms with Gasteiger partial charge in [-0.05, 0) is 45.1 Å². The Morgan fingerprint density at radius 3 is 2.61 bits per heavy atom. The van der Waals surface area contributed by atoms with Gasteiger partial charge in [0.2, 0.25) is 0 Å². The van der Waals surface area contributed by atoms with Crippen LogP contribution in [0.15, 0.2) is 5.57 Å². The highest BCUT2D eigenvalue weighted by molar-refractivity contribution is 7.91. The Kier molecular flexibility index (Phi) is 5.94. The van der Waals surface area contributed by atoms with Gasteiger partial charge in [0, 0.05) is 17.3 Å². The Hall–Kier alpha value is -2.14. The van der Waals surface area contributed by atoms with Gasteiger partial charge in [0.1, 0.15) is 11.6 Å². The molecule has 0 spiro atoms. The second-order valence-corrected chi connectivity index (χ2v) is 10.3. The van der Waals surface area contributed by atoms with Crippen molar-refractivity contribution in [1.82, 2.24) is 15.1 Å². The standard InChI is InChI=1S/C20H28N4O3S/c1-13-6-4-5-7-19(13)22-20(25)16(11-21)10-18-14(2)23-24(15(18)3)17-8-9-28(26,27)12-17/h10,13,17,19H,4-9,12H2,1-3H3,(H,22,25)/b16-10+/t13-,17+,19-/m0/s1. The minimum Gasteiger partial charge on any atom is -0.348 e. The van der Waals surface area contributed by atoms with Gasteiger partial charge in [0.05, 0.1) is 23.2 Å². The van der Waals surface area contributed by atoms with Gasteiger partial charge in [-0.15, -0.1) is 0 Å². The van der Waals surface area contributed by atoms with Gasteiger partial charge >= 0.3 is 0 Å². The highest BCUT2D eigenvalue weighted by Crippen LogP contribution is 2.28. The van der Waals surface area contributed by atoms with Crippen molar-refractivity contribution in [2.45, 2.75) is 65.0 Å². The first kappa shape index (κ1) is 20.6. The van der Waals surface area contributed by atoms with Gasteiger partial charge in [0.25, 0.3) is 5.91 Å². The van der Waals surface area contributed by atoms with Crippen LogP contribution >= 0.6 is 0 Å². The molecule has 0 bridgehead atoms. The molecule has 7 nitrogen and oxygen atoms in total. The van der Waals surface area contributed by atoms with Gasteiger partial charge in [0.15, 0.2) is 9.84 Å². The van der Waals surface area contributed by atoms with E-state index < -0.39 is 9.84 Å². The van der Waals surface area contributed by atoms with Gasteiger partial charge in [-0.25, -0.2) is 8.42 Å². The van der Waals surface area contributed by atoms with Crippen molar-refractivity contribution in [2.24, 2.45) is 5.92 Å². The first-order valence-corrected chi connectivity index (χ1v) is 11.7. The molecule has 1 aliphatic carbocycles. The van der Waals surface area contributed by atoms with Gasteiger partial charge in [-0.1, -0.05) is 19.8 Å². The zero-order valence-corrected chi connectivity index (χ0v) is 17.6. The fraction of sp³-hybridized carbons (Fsp3) is 0.650. The third-order valence-electron chi connectivity index (χ3n) is 6.02. The third kappa shape index (κ3) is 4.30. The molecule has 2 heterocycles. The summed E-state index contributed by atoms with van der Waals surface area (Å²) < 4.78 is 25.3. The molecule has 1 aromatic rings. The summed E-state index contributed by atoms with van der Waals surface area (Å²) in [5.74, 6) is 0.319. The molecular weight excluding hydrogens is 376 g/mol. The number of hydrogen-bond acceptors (Lipinski definition) is 5. The maximum absolute atomic E-state index is 12.7. The quantitative estimate of drug-likeness (QED) is 0.613. The number of rotatable bonds is 4. The van der Waals surface area contributed by atoms with Crippen LogP contribution in [0.5, 0.6) is 0 Å². The second-order valence-electron chi connectivity index (χ2n) is 8.10. The number of sulfone groups is 1. The lowest BCUT2D eigenvalue weighted by Gasteiger charge is -2.29. The van der Waals surface area contributed by atoms with E-state index in [9.17, 15) is 18.5 Å². The van der Waals surface area contributed by atoms with Gasteiger partial charge < -0.3 is 5.32 Å². The Labute approximate surface area is 166 Å². The number of amides is 1. The van der Waals surface area contributed by atoms with Crippen LogP contribution in [0.3, 0.4) is 0 Å². The Morgan fingerprint density at radius 1 is 1.29 bits per heavy atom. The maximum atomic E-state index is 12.7. The van der Waals surface area contributed by atoms with E-state index in [1.807, 2.05) is 19.9 Å². The Morgan fingerprint density at radius 2 is 2.00 bits per heavy atom. The topological polar surface area (TPSA) is 105 Å². The molecule has 0 radical (unpaired) electrons. The summed E-state index contributed by atoms with van der Waals surface area (Å²) in [6, 6.07) is 1.93. The van der Waals surface area contributed by atoms with Crippen LogP contribution in [0.4, 0.5) is 0 Å². The minimum atomic E-state index is -3.02. The van der Waals surface area contributed by atoms with Crippen molar-refractivity contribution in [1.29, 1.82) is 5.26 Å². The van der Waals surface area contributed by atoms with Crippen molar-refractivity contribution in [3.05, 3.63) is 22.5 Å². The number of carbonyl (C=O) groups excluding carboxylic acids is 1. The molecule has 0 unspecified atom stereocenters. The highest BCUT2D eigenvalue weighted by Gasteiger charge is 2.31. The second kappa shape index (κ2) is 8.08. The van der Waals surface area contributed by atoms with E-state index in [-0.39, 0.29) is 35.1 Å². The molecule has 1 aliphatic heterocycles. The van der Waals surface area contributed by atoms with Crippen LogP contribution in [0.1, 0.15) is 62.0 Å². The smallest absolute Gasteiger partial charge is 0.262 e. The Balaban J connectivity index is 1.82. The molecule has 2 fully saturated rings. The number of aromatic nitrogens is 2. The Bertz CT molecular complexity index is 939. The van der Waals surface area contributed by atoms with Crippen LogP contribution in [0.25, 0.3) is 6.08 Å². The number of nitrogens with zero attached hydrogens (tertiary/aromatic N) is 3. The molecule has 3 atom stereocenters. The van der Waals surface area contributed by atoms with Gasteiger partial charge in [-0.3, -0.25) is 9.48 Å². The fourth-order valence-electron chi connectivity index (χ4n) is 4.28. The summed E-state index contributed by atoms with van der Waals surface area (Å²) in [5, 5.41) is 17.1. The SMILES string of the molecule is Cc1nn([C@@H]2CCS(=O)(=O)C2)c(C)c1/C=C(\C#N)C(=O)N[C@H]1CCCC[C@@H]1C. The summed E-state index contributed by atoms with van der Waals surface area (Å²) in [6.07, 6.45) is 6.43. The van der Waals surface area contributed by atoms with Crippen molar-refractivity contribution in [2.75, 3.05) is 11.5 Å². The van der Waals surface area contributed by atoms with E-state index in [0.717, 1.165) is 25.0 Å². The van der Waals surface area contributed by atoms with Crippen molar-refractivity contribution >= 4 is 21.8 Å². The molecule has 8 heteroatoms. The predicted octanol–water partition coefficient (Wildman–Crippen LogP) is 2.46. The number of nitriles is 1. The number of nitrogens with one attached hydrogen (secondary N) is 1. The molecule has 1 amide bonds. The first-order valence-electron chi connectivity index (χ1n) is 9.90. The molecule has 1 aromatic heterocycles. The fourth-order valence-corrected chi connectivity index (χ4v) is 5.97. The number of aryl methyl sites for hydroxylation is 1. The molecule has 1 N–H and O–H groups in total. The lowest BCUT2D eigenvalue weighted by atomic mass is 9.86. The van der Waals surface area contributed by atoms with Crippen molar-refractivity contribution in [3.63, 3.8) is 0 Å². The predicted molar refractivity (Wildman–Crippen MR) is 107 cm³/mol. The normalized spacial score (nSPS) is 27.4. The van der Waals surface area contributed by atoms with E-state index >= 15 is 0 Å². The summed E-state index contributed by atoms with van der Waals surface area (Å²) in [6.45, 7) is 5.80. The lowest BCUT2D eigenvalue weighted by molar-refractivity contribution is -0.118. The van der Waals surface area contributed by atoms with E-state index in [1.54, 1.807) is 10.8 Å². The molecule has 2 aliphatic rings. The summed E-state index contributed by atoms with van der Waals surface area (Å²) in [4.78, 5) is 12.7. The zero-order valence-electron chi connectivity index (χ0n) is 16.7. The summed E-state index contributed by atoms with van der Waals surface area (Å²) in [5.41, 5.74) is 2.25. The lowest BCUT2D eigenvalue weighted by Crippen LogP contribution is -2.41. The van der Waals surface area contributed by atoms with Crippen LogP contribution in [-0.2, 0) is 14.6 Å².